The van der Waals surface area contributed by atoms with Crippen molar-refractivity contribution in [1.29, 1.82) is 0 Å². The number of benzene rings is 2. The molecule has 2 aliphatic rings. The van der Waals surface area contributed by atoms with Gasteiger partial charge in [-0.1, -0.05) is 63.4 Å². The third-order valence-electron chi connectivity index (χ3n) is 7.13. The molecule has 2 aromatic carbocycles. The van der Waals surface area contributed by atoms with Crippen LogP contribution in [0, 0.1) is 11.3 Å². The summed E-state index contributed by atoms with van der Waals surface area (Å²) < 4.78 is 0. The molecule has 0 aromatic heterocycles. The molecule has 1 unspecified atom stereocenters. The second-order valence-corrected chi connectivity index (χ2v) is 10.5. The minimum Gasteiger partial charge on any atom is -0.351 e. The lowest BCUT2D eigenvalue weighted by molar-refractivity contribution is -0.127. The Morgan fingerprint density at radius 2 is 1.80 bits per heavy atom. The van der Waals surface area contributed by atoms with Gasteiger partial charge in [-0.15, -0.1) is 0 Å². The van der Waals surface area contributed by atoms with Gasteiger partial charge in [0.1, 0.15) is 6.04 Å². The molecule has 1 fully saturated rings. The van der Waals surface area contributed by atoms with Gasteiger partial charge in [-0.2, -0.15) is 0 Å². The molecule has 7 heteroatoms. The van der Waals surface area contributed by atoms with Crippen LogP contribution in [0.1, 0.15) is 61.9 Å². The van der Waals surface area contributed by atoms with Crippen LogP contribution in [-0.4, -0.2) is 36.9 Å². The number of rotatable bonds is 7. The Balaban J connectivity index is 1.64. The molecule has 1 aliphatic heterocycles. The van der Waals surface area contributed by atoms with Crippen molar-refractivity contribution in [3.05, 3.63) is 59.7 Å². The van der Waals surface area contributed by atoms with Crippen LogP contribution in [0.5, 0.6) is 0 Å². The van der Waals surface area contributed by atoms with E-state index in [1.807, 2.05) is 44.2 Å². The molecule has 186 valence electrons. The van der Waals surface area contributed by atoms with Crippen molar-refractivity contribution >= 4 is 29.1 Å². The van der Waals surface area contributed by atoms with E-state index in [0.717, 1.165) is 37.7 Å². The summed E-state index contributed by atoms with van der Waals surface area (Å²) in [5.74, 6) is -0.543. The Bertz CT molecular complexity index is 1080. The lowest BCUT2D eigenvalue weighted by Crippen LogP contribution is -2.54. The molecular weight excluding hydrogens is 440 g/mol. The maximum atomic E-state index is 13.8. The van der Waals surface area contributed by atoms with Crippen LogP contribution >= 0.6 is 0 Å². The smallest absolute Gasteiger partial charge is 0.251 e. The number of amides is 3. The van der Waals surface area contributed by atoms with E-state index >= 15 is 0 Å². The van der Waals surface area contributed by atoms with Crippen LogP contribution in [0.15, 0.2) is 48.5 Å². The van der Waals surface area contributed by atoms with Crippen LogP contribution in [-0.2, 0) is 16.0 Å². The van der Waals surface area contributed by atoms with E-state index in [0.29, 0.717) is 36.4 Å². The van der Waals surface area contributed by atoms with Gasteiger partial charge in [-0.3, -0.25) is 19.3 Å². The predicted octanol–water partition coefficient (Wildman–Crippen LogP) is 3.88. The number of hydrogen-bond donors (Lipinski definition) is 3. The molecule has 4 N–H and O–H groups in total. The van der Waals surface area contributed by atoms with Crippen LogP contribution in [0.4, 0.5) is 11.4 Å². The molecule has 0 bridgehead atoms. The SMILES string of the molecule is CC(C)(CN)CNC(=O)c1ccc2c(c1)NC(=O)C(Cc1ccccc1)N2C(=O)C1CCCCC1. The third kappa shape index (κ3) is 5.73. The summed E-state index contributed by atoms with van der Waals surface area (Å²) in [5.41, 5.74) is 8.14. The molecule has 35 heavy (non-hydrogen) atoms. The van der Waals surface area contributed by atoms with E-state index in [1.165, 1.54) is 0 Å². The van der Waals surface area contributed by atoms with Gasteiger partial charge in [0.25, 0.3) is 5.91 Å². The number of anilines is 2. The van der Waals surface area contributed by atoms with Gasteiger partial charge in [0.15, 0.2) is 0 Å². The molecular formula is C28H36N4O3. The van der Waals surface area contributed by atoms with E-state index in [4.69, 9.17) is 5.73 Å². The highest BCUT2D eigenvalue weighted by Crippen LogP contribution is 2.37. The summed E-state index contributed by atoms with van der Waals surface area (Å²) in [6, 6.07) is 14.3. The van der Waals surface area contributed by atoms with Crippen LogP contribution < -0.4 is 21.3 Å². The topological polar surface area (TPSA) is 105 Å². The summed E-state index contributed by atoms with van der Waals surface area (Å²) in [6.07, 6.45) is 5.34. The lowest BCUT2D eigenvalue weighted by Gasteiger charge is -2.39. The minimum atomic E-state index is -0.635. The molecule has 1 atom stereocenters. The zero-order valence-corrected chi connectivity index (χ0v) is 20.7. The zero-order valence-electron chi connectivity index (χ0n) is 20.7. The zero-order chi connectivity index (χ0) is 25.0. The first kappa shape index (κ1) is 24.9. The number of nitrogens with zero attached hydrogens (tertiary/aromatic N) is 1. The summed E-state index contributed by atoms with van der Waals surface area (Å²) in [6.45, 7) is 4.87. The molecule has 7 nitrogen and oxygen atoms in total. The number of carbonyl (C=O) groups is 3. The number of fused-ring (bicyclic) bond motifs is 1. The molecule has 1 aliphatic carbocycles. The molecule has 1 saturated carbocycles. The van der Waals surface area contributed by atoms with E-state index in [-0.39, 0.29) is 29.1 Å². The maximum absolute atomic E-state index is 13.8. The highest BCUT2D eigenvalue weighted by Gasteiger charge is 2.40. The Morgan fingerprint density at radius 3 is 2.49 bits per heavy atom. The van der Waals surface area contributed by atoms with Gasteiger partial charge < -0.3 is 16.4 Å². The Labute approximate surface area is 207 Å². The molecule has 4 rings (SSSR count). The van der Waals surface area contributed by atoms with Gasteiger partial charge in [0.2, 0.25) is 11.8 Å². The number of carbonyl (C=O) groups excluding carboxylic acids is 3. The Morgan fingerprint density at radius 1 is 1.09 bits per heavy atom. The van der Waals surface area contributed by atoms with E-state index in [9.17, 15) is 14.4 Å². The van der Waals surface area contributed by atoms with Gasteiger partial charge in [0.05, 0.1) is 11.4 Å². The molecule has 1 heterocycles. The largest absolute Gasteiger partial charge is 0.351 e. The first-order chi connectivity index (χ1) is 16.8. The van der Waals surface area contributed by atoms with Gasteiger partial charge in [0, 0.05) is 24.4 Å². The minimum absolute atomic E-state index is 0.00336. The van der Waals surface area contributed by atoms with Gasteiger partial charge in [-0.25, -0.2) is 0 Å². The Kier molecular flexibility index (Phi) is 7.55. The summed E-state index contributed by atoms with van der Waals surface area (Å²) in [4.78, 5) is 41.6. The van der Waals surface area contributed by atoms with Crippen LogP contribution in [0.3, 0.4) is 0 Å². The number of nitrogens with two attached hydrogens (primary N) is 1. The van der Waals surface area contributed by atoms with Crippen molar-refractivity contribution in [2.75, 3.05) is 23.3 Å². The quantitative estimate of drug-likeness (QED) is 0.564. The van der Waals surface area contributed by atoms with Gasteiger partial charge in [-0.05, 0) is 48.6 Å². The second kappa shape index (κ2) is 10.6. The monoisotopic (exact) mass is 476 g/mol. The van der Waals surface area contributed by atoms with Gasteiger partial charge >= 0.3 is 0 Å². The summed E-state index contributed by atoms with van der Waals surface area (Å²) in [5, 5.41) is 5.89. The fourth-order valence-corrected chi connectivity index (χ4v) is 4.82. The van der Waals surface area contributed by atoms with Crippen molar-refractivity contribution in [2.24, 2.45) is 17.1 Å². The third-order valence-corrected chi connectivity index (χ3v) is 7.13. The molecule has 0 saturated heterocycles. The second-order valence-electron chi connectivity index (χ2n) is 10.5. The van der Waals surface area contributed by atoms with Crippen molar-refractivity contribution in [3.63, 3.8) is 0 Å². The van der Waals surface area contributed by atoms with E-state index < -0.39 is 6.04 Å². The number of hydrogen-bond acceptors (Lipinski definition) is 4. The van der Waals surface area contributed by atoms with Crippen molar-refractivity contribution in [2.45, 2.75) is 58.4 Å². The predicted molar refractivity (Wildman–Crippen MR) is 138 cm³/mol. The van der Waals surface area contributed by atoms with Crippen molar-refractivity contribution in [3.8, 4) is 0 Å². The van der Waals surface area contributed by atoms with Crippen molar-refractivity contribution < 1.29 is 14.4 Å². The maximum Gasteiger partial charge on any atom is 0.251 e. The highest BCUT2D eigenvalue weighted by atomic mass is 16.2. The highest BCUT2D eigenvalue weighted by molar-refractivity contribution is 6.13. The molecule has 0 spiro atoms. The van der Waals surface area contributed by atoms with Crippen LogP contribution in [0.2, 0.25) is 0 Å². The van der Waals surface area contributed by atoms with E-state index in [2.05, 4.69) is 10.6 Å². The number of nitrogens with one attached hydrogen (secondary N) is 2. The summed E-state index contributed by atoms with van der Waals surface area (Å²) >= 11 is 0. The Hall–Kier alpha value is -3.19. The fourth-order valence-electron chi connectivity index (χ4n) is 4.82. The molecule has 2 aromatic rings. The molecule has 0 radical (unpaired) electrons. The van der Waals surface area contributed by atoms with Crippen LogP contribution in [0.25, 0.3) is 0 Å². The normalized spacial score (nSPS) is 18.5. The average molecular weight is 477 g/mol. The average Bonchev–Trinajstić information content (AvgIpc) is 2.88. The summed E-state index contributed by atoms with van der Waals surface area (Å²) in [7, 11) is 0. The lowest BCUT2D eigenvalue weighted by atomic mass is 9.87. The first-order valence-corrected chi connectivity index (χ1v) is 12.6. The van der Waals surface area contributed by atoms with Crippen molar-refractivity contribution in [1.82, 2.24) is 5.32 Å². The standard InChI is InChI=1S/C28H36N4O3/c1-28(2,17-29)18-30-25(33)21-13-14-23-22(16-21)31-26(34)24(15-19-9-5-3-6-10-19)32(23)27(35)20-11-7-4-8-12-20/h3,5-6,9-10,13-14,16,20,24H,4,7-8,11-12,15,17-18,29H2,1-2H3,(H,30,33)(H,31,34). The van der Waals surface area contributed by atoms with E-state index in [1.54, 1.807) is 23.1 Å². The first-order valence-electron chi connectivity index (χ1n) is 12.6. The molecule has 3 amide bonds. The fraction of sp³-hybridized carbons (Fsp3) is 0.464.